The molecule has 0 aromatic rings. The topological polar surface area (TPSA) is 41.6 Å². The van der Waals surface area contributed by atoms with Crippen LogP contribution in [0, 0.1) is 11.3 Å². The van der Waals surface area contributed by atoms with E-state index in [4.69, 9.17) is 10.7 Å². The molecule has 2 rings (SSSR count). The van der Waals surface area contributed by atoms with Crippen LogP contribution in [-0.4, -0.2) is 30.5 Å². The Morgan fingerprint density at radius 3 is 2.67 bits per heavy atom. The summed E-state index contributed by atoms with van der Waals surface area (Å²) in [6.45, 7) is 7.75. The average molecular weight is 251 g/mol. The van der Waals surface area contributed by atoms with Gasteiger partial charge in [-0.15, -0.1) is 0 Å². The highest BCUT2D eigenvalue weighted by Gasteiger charge is 2.32. The van der Waals surface area contributed by atoms with Crippen molar-refractivity contribution in [3.63, 3.8) is 0 Å². The molecule has 0 bridgehead atoms. The predicted molar refractivity (Wildman–Crippen MR) is 77.7 cm³/mol. The second-order valence-electron chi connectivity index (χ2n) is 6.43. The fraction of sp³-hybridized carbons (Fsp3) is 0.933. The number of nitrogens with two attached hydrogens (primary N) is 1. The number of hydrogen-bond acceptors (Lipinski definition) is 1. The number of hydrogen-bond donors (Lipinski definition) is 1. The van der Waals surface area contributed by atoms with Crippen molar-refractivity contribution >= 4 is 5.96 Å². The molecule has 0 spiro atoms. The number of piperidine rings is 1. The van der Waals surface area contributed by atoms with Crippen LogP contribution in [0.1, 0.15) is 58.8 Å². The van der Waals surface area contributed by atoms with Crippen molar-refractivity contribution in [1.82, 2.24) is 4.90 Å². The molecular weight excluding hydrogens is 222 g/mol. The zero-order chi connectivity index (χ0) is 13.0. The highest BCUT2D eigenvalue weighted by Crippen LogP contribution is 2.41. The van der Waals surface area contributed by atoms with Crippen molar-refractivity contribution in [1.29, 1.82) is 0 Å². The number of guanidine groups is 1. The maximum Gasteiger partial charge on any atom is 0.191 e. The first-order valence-electron chi connectivity index (χ1n) is 7.70. The lowest BCUT2D eigenvalue weighted by molar-refractivity contribution is 0.264. The molecule has 1 saturated carbocycles. The number of nitrogens with zero attached hydrogens (tertiary/aromatic N) is 2. The summed E-state index contributed by atoms with van der Waals surface area (Å²) in [4.78, 5) is 7.01. The van der Waals surface area contributed by atoms with Gasteiger partial charge in [-0.3, -0.25) is 4.99 Å². The molecule has 1 heterocycles. The van der Waals surface area contributed by atoms with Crippen LogP contribution in [0.3, 0.4) is 0 Å². The SMILES string of the molecule is CCC1(CN=C(N)N2CCCC(C)C2)CCCC1. The zero-order valence-electron chi connectivity index (χ0n) is 12.1. The van der Waals surface area contributed by atoms with Crippen molar-refractivity contribution in [2.45, 2.75) is 58.8 Å². The average Bonchev–Trinajstić information content (AvgIpc) is 2.85. The van der Waals surface area contributed by atoms with Gasteiger partial charge in [-0.1, -0.05) is 26.7 Å². The fourth-order valence-electron chi connectivity index (χ4n) is 3.49. The van der Waals surface area contributed by atoms with Crippen LogP contribution in [0.5, 0.6) is 0 Å². The third-order valence-corrected chi connectivity index (χ3v) is 4.97. The molecule has 0 amide bonds. The summed E-state index contributed by atoms with van der Waals surface area (Å²) in [6.07, 6.45) is 9.29. The summed E-state index contributed by atoms with van der Waals surface area (Å²) >= 11 is 0. The van der Waals surface area contributed by atoms with Crippen LogP contribution in [0.15, 0.2) is 4.99 Å². The summed E-state index contributed by atoms with van der Waals surface area (Å²) in [5, 5.41) is 0. The van der Waals surface area contributed by atoms with E-state index in [9.17, 15) is 0 Å². The van der Waals surface area contributed by atoms with Crippen LogP contribution >= 0.6 is 0 Å². The van der Waals surface area contributed by atoms with Crippen molar-refractivity contribution in [3.8, 4) is 0 Å². The smallest absolute Gasteiger partial charge is 0.191 e. The highest BCUT2D eigenvalue weighted by atomic mass is 15.3. The third kappa shape index (κ3) is 3.18. The monoisotopic (exact) mass is 251 g/mol. The Bertz CT molecular complexity index is 292. The van der Waals surface area contributed by atoms with E-state index in [1.54, 1.807) is 0 Å². The molecular formula is C15H29N3. The maximum absolute atomic E-state index is 6.18. The first-order chi connectivity index (χ1) is 8.65. The summed E-state index contributed by atoms with van der Waals surface area (Å²) < 4.78 is 0. The predicted octanol–water partition coefficient (Wildman–Crippen LogP) is 3.00. The van der Waals surface area contributed by atoms with E-state index in [-0.39, 0.29) is 0 Å². The van der Waals surface area contributed by atoms with Gasteiger partial charge in [0.25, 0.3) is 0 Å². The molecule has 1 aliphatic carbocycles. The van der Waals surface area contributed by atoms with E-state index < -0.39 is 0 Å². The summed E-state index contributed by atoms with van der Waals surface area (Å²) in [5.74, 6) is 1.56. The van der Waals surface area contributed by atoms with Crippen LogP contribution in [0.2, 0.25) is 0 Å². The fourth-order valence-corrected chi connectivity index (χ4v) is 3.49. The van der Waals surface area contributed by atoms with Gasteiger partial charge in [0.05, 0.1) is 0 Å². The van der Waals surface area contributed by atoms with Crippen LogP contribution in [0.4, 0.5) is 0 Å². The Balaban J connectivity index is 1.91. The molecule has 2 aliphatic rings. The van der Waals surface area contributed by atoms with Gasteiger partial charge in [0.15, 0.2) is 5.96 Å². The first kappa shape index (κ1) is 13.7. The Morgan fingerprint density at radius 2 is 2.06 bits per heavy atom. The minimum atomic E-state index is 0.464. The molecule has 1 aliphatic heterocycles. The number of rotatable bonds is 3. The molecule has 18 heavy (non-hydrogen) atoms. The molecule has 0 aromatic carbocycles. The maximum atomic E-state index is 6.18. The molecule has 1 saturated heterocycles. The zero-order valence-corrected chi connectivity index (χ0v) is 12.1. The Morgan fingerprint density at radius 1 is 1.33 bits per heavy atom. The van der Waals surface area contributed by atoms with Crippen LogP contribution in [0.25, 0.3) is 0 Å². The largest absolute Gasteiger partial charge is 0.370 e. The van der Waals surface area contributed by atoms with E-state index in [2.05, 4.69) is 18.7 Å². The van der Waals surface area contributed by atoms with Gasteiger partial charge in [0.2, 0.25) is 0 Å². The lowest BCUT2D eigenvalue weighted by Gasteiger charge is -2.32. The Kier molecular flexibility index (Phi) is 4.52. The standard InChI is InChI=1S/C15H29N3/c1-3-15(8-4-5-9-15)12-17-14(16)18-10-6-7-13(2)11-18/h13H,3-12H2,1-2H3,(H2,16,17). The number of likely N-dealkylation sites (tertiary alicyclic amines) is 1. The molecule has 1 unspecified atom stereocenters. The molecule has 2 N–H and O–H groups in total. The Labute approximate surface area is 112 Å². The highest BCUT2D eigenvalue weighted by molar-refractivity contribution is 5.78. The lowest BCUT2D eigenvalue weighted by Crippen LogP contribution is -2.44. The minimum absolute atomic E-state index is 0.464. The molecule has 3 nitrogen and oxygen atoms in total. The van der Waals surface area contributed by atoms with E-state index in [1.807, 2.05) is 0 Å². The van der Waals surface area contributed by atoms with Gasteiger partial charge in [0, 0.05) is 19.6 Å². The van der Waals surface area contributed by atoms with Crippen molar-refractivity contribution < 1.29 is 0 Å². The molecule has 0 radical (unpaired) electrons. The quantitative estimate of drug-likeness (QED) is 0.619. The van der Waals surface area contributed by atoms with Gasteiger partial charge in [-0.2, -0.15) is 0 Å². The molecule has 3 heteroatoms. The van der Waals surface area contributed by atoms with Crippen molar-refractivity contribution in [2.75, 3.05) is 19.6 Å². The van der Waals surface area contributed by atoms with E-state index in [1.165, 1.54) is 44.9 Å². The van der Waals surface area contributed by atoms with Crippen LogP contribution < -0.4 is 5.73 Å². The van der Waals surface area contributed by atoms with Gasteiger partial charge in [-0.25, -0.2) is 0 Å². The summed E-state index contributed by atoms with van der Waals surface area (Å²) in [5.41, 5.74) is 6.64. The molecule has 0 aromatic heterocycles. The van der Waals surface area contributed by atoms with Gasteiger partial charge >= 0.3 is 0 Å². The van der Waals surface area contributed by atoms with Gasteiger partial charge < -0.3 is 10.6 Å². The third-order valence-electron chi connectivity index (χ3n) is 4.97. The van der Waals surface area contributed by atoms with Crippen molar-refractivity contribution in [3.05, 3.63) is 0 Å². The molecule has 1 atom stereocenters. The second-order valence-corrected chi connectivity index (χ2v) is 6.43. The molecule has 2 fully saturated rings. The normalized spacial score (nSPS) is 28.7. The van der Waals surface area contributed by atoms with Gasteiger partial charge in [0.1, 0.15) is 0 Å². The van der Waals surface area contributed by atoms with E-state index in [0.717, 1.165) is 31.5 Å². The summed E-state index contributed by atoms with van der Waals surface area (Å²) in [7, 11) is 0. The van der Waals surface area contributed by atoms with E-state index in [0.29, 0.717) is 5.41 Å². The summed E-state index contributed by atoms with van der Waals surface area (Å²) in [6, 6.07) is 0. The first-order valence-corrected chi connectivity index (χ1v) is 7.70. The number of aliphatic imine (C=N–C) groups is 1. The van der Waals surface area contributed by atoms with Crippen molar-refractivity contribution in [2.24, 2.45) is 22.1 Å². The van der Waals surface area contributed by atoms with E-state index >= 15 is 0 Å². The second kappa shape index (κ2) is 5.94. The Hall–Kier alpha value is -0.730. The van der Waals surface area contributed by atoms with Gasteiger partial charge in [-0.05, 0) is 43.4 Å². The van der Waals surface area contributed by atoms with Crippen LogP contribution in [-0.2, 0) is 0 Å². The minimum Gasteiger partial charge on any atom is -0.370 e. The lowest BCUT2D eigenvalue weighted by atomic mass is 9.83. The molecule has 104 valence electrons.